The van der Waals surface area contributed by atoms with Crippen LogP contribution in [0.3, 0.4) is 0 Å². The summed E-state index contributed by atoms with van der Waals surface area (Å²) in [6.45, 7) is 4.68. The van der Waals surface area contributed by atoms with Crippen molar-refractivity contribution >= 4 is 35.8 Å². The highest BCUT2D eigenvalue weighted by molar-refractivity contribution is 14.0. The standard InChI is InChI=1S/C13H20N4O.HI/c1-9(2)17-13(15-3)16-8-10-5-4-6-11(7-10)12(14)18;/h4-7,9H,8H2,1-3H3,(H2,14,18)(H2,15,16,17);1H. The Balaban J connectivity index is 0.00000324. The van der Waals surface area contributed by atoms with E-state index in [1.54, 1.807) is 19.2 Å². The van der Waals surface area contributed by atoms with Gasteiger partial charge in [0.05, 0.1) is 0 Å². The lowest BCUT2D eigenvalue weighted by atomic mass is 10.1. The highest BCUT2D eigenvalue weighted by atomic mass is 127. The van der Waals surface area contributed by atoms with E-state index in [0.29, 0.717) is 18.2 Å². The molecule has 0 aliphatic carbocycles. The quantitative estimate of drug-likeness (QED) is 0.423. The van der Waals surface area contributed by atoms with Crippen LogP contribution in [-0.2, 0) is 6.54 Å². The van der Waals surface area contributed by atoms with E-state index in [1.807, 2.05) is 26.0 Å². The summed E-state index contributed by atoms with van der Waals surface area (Å²) in [5.41, 5.74) is 6.73. The largest absolute Gasteiger partial charge is 0.366 e. The Hall–Kier alpha value is -1.31. The molecule has 4 N–H and O–H groups in total. The average Bonchev–Trinajstić information content (AvgIpc) is 2.34. The van der Waals surface area contributed by atoms with E-state index in [9.17, 15) is 4.79 Å². The van der Waals surface area contributed by atoms with Crippen LogP contribution in [0.2, 0.25) is 0 Å². The molecule has 19 heavy (non-hydrogen) atoms. The Bertz CT molecular complexity index is 446. The smallest absolute Gasteiger partial charge is 0.248 e. The SMILES string of the molecule is CN=C(NCc1cccc(C(N)=O)c1)NC(C)C.I. The Labute approximate surface area is 131 Å². The number of amides is 1. The van der Waals surface area contributed by atoms with Crippen molar-refractivity contribution in [1.29, 1.82) is 0 Å². The van der Waals surface area contributed by atoms with Crippen LogP contribution in [-0.4, -0.2) is 25.0 Å². The van der Waals surface area contributed by atoms with Crippen molar-refractivity contribution in [2.24, 2.45) is 10.7 Å². The number of hydrogen-bond donors (Lipinski definition) is 3. The van der Waals surface area contributed by atoms with Crippen molar-refractivity contribution in [2.45, 2.75) is 26.4 Å². The third-order valence-electron chi connectivity index (χ3n) is 2.32. The number of guanidine groups is 1. The zero-order chi connectivity index (χ0) is 13.5. The third-order valence-corrected chi connectivity index (χ3v) is 2.32. The highest BCUT2D eigenvalue weighted by Crippen LogP contribution is 2.04. The number of benzene rings is 1. The lowest BCUT2D eigenvalue weighted by Crippen LogP contribution is -2.40. The predicted octanol–water partition coefficient (Wildman–Crippen LogP) is 1.48. The maximum Gasteiger partial charge on any atom is 0.248 e. The molecule has 1 amide bonds. The first-order valence-corrected chi connectivity index (χ1v) is 5.89. The summed E-state index contributed by atoms with van der Waals surface area (Å²) in [4.78, 5) is 15.2. The number of nitrogens with two attached hydrogens (primary N) is 1. The van der Waals surface area contributed by atoms with Gasteiger partial charge in [0.25, 0.3) is 0 Å². The lowest BCUT2D eigenvalue weighted by molar-refractivity contribution is 0.1000. The van der Waals surface area contributed by atoms with Crippen molar-refractivity contribution in [2.75, 3.05) is 7.05 Å². The van der Waals surface area contributed by atoms with Crippen LogP contribution >= 0.6 is 24.0 Å². The first kappa shape index (κ1) is 17.7. The third kappa shape index (κ3) is 6.42. The van der Waals surface area contributed by atoms with Gasteiger partial charge in [-0.15, -0.1) is 24.0 Å². The molecular weight excluding hydrogens is 355 g/mol. The van der Waals surface area contributed by atoms with Crippen molar-refractivity contribution < 1.29 is 4.79 Å². The van der Waals surface area contributed by atoms with Crippen LogP contribution in [0.1, 0.15) is 29.8 Å². The Morgan fingerprint density at radius 2 is 2.11 bits per heavy atom. The molecule has 0 aliphatic heterocycles. The molecule has 0 aliphatic rings. The Morgan fingerprint density at radius 3 is 2.63 bits per heavy atom. The van der Waals surface area contributed by atoms with E-state index >= 15 is 0 Å². The summed E-state index contributed by atoms with van der Waals surface area (Å²) in [7, 11) is 1.72. The van der Waals surface area contributed by atoms with E-state index < -0.39 is 5.91 Å². The molecule has 1 aromatic carbocycles. The van der Waals surface area contributed by atoms with Crippen LogP contribution < -0.4 is 16.4 Å². The molecule has 0 aromatic heterocycles. The minimum atomic E-state index is -0.415. The molecule has 6 heteroatoms. The number of carbonyl (C=O) groups excluding carboxylic acids is 1. The summed E-state index contributed by atoms with van der Waals surface area (Å²) in [6.07, 6.45) is 0. The first-order valence-electron chi connectivity index (χ1n) is 5.89. The maximum atomic E-state index is 11.1. The van der Waals surface area contributed by atoms with Gasteiger partial charge in [0.2, 0.25) is 5.91 Å². The van der Waals surface area contributed by atoms with Crippen molar-refractivity contribution in [1.82, 2.24) is 10.6 Å². The molecular formula is C13H21IN4O. The normalized spacial score (nSPS) is 10.8. The van der Waals surface area contributed by atoms with E-state index in [1.165, 1.54) is 0 Å². The minimum absolute atomic E-state index is 0. The molecule has 0 heterocycles. The second kappa shape index (κ2) is 8.73. The molecule has 0 radical (unpaired) electrons. The van der Waals surface area contributed by atoms with Gasteiger partial charge in [-0.25, -0.2) is 0 Å². The van der Waals surface area contributed by atoms with Crippen molar-refractivity contribution in [3.8, 4) is 0 Å². The number of carbonyl (C=O) groups is 1. The van der Waals surface area contributed by atoms with E-state index in [4.69, 9.17) is 5.73 Å². The van der Waals surface area contributed by atoms with Gasteiger partial charge in [-0.2, -0.15) is 0 Å². The molecule has 1 aromatic rings. The van der Waals surface area contributed by atoms with Gasteiger partial charge < -0.3 is 16.4 Å². The van der Waals surface area contributed by atoms with Gasteiger partial charge in [-0.1, -0.05) is 12.1 Å². The van der Waals surface area contributed by atoms with Gasteiger partial charge >= 0.3 is 0 Å². The zero-order valence-electron chi connectivity index (χ0n) is 11.4. The average molecular weight is 376 g/mol. The molecule has 0 saturated carbocycles. The van der Waals surface area contributed by atoms with Gasteiger partial charge in [0, 0.05) is 25.2 Å². The molecule has 5 nitrogen and oxygen atoms in total. The molecule has 106 valence electrons. The number of nitrogens with one attached hydrogen (secondary N) is 2. The van der Waals surface area contributed by atoms with Crippen LogP contribution in [0, 0.1) is 0 Å². The molecule has 1 rings (SSSR count). The second-order valence-corrected chi connectivity index (χ2v) is 4.29. The fourth-order valence-electron chi connectivity index (χ4n) is 1.49. The van der Waals surface area contributed by atoms with Crippen molar-refractivity contribution in [3.05, 3.63) is 35.4 Å². The molecule has 0 unspecified atom stereocenters. The first-order chi connectivity index (χ1) is 8.52. The van der Waals surface area contributed by atoms with Crippen molar-refractivity contribution in [3.63, 3.8) is 0 Å². The van der Waals surface area contributed by atoms with Gasteiger partial charge in [0.1, 0.15) is 0 Å². The molecule has 0 fully saturated rings. The number of nitrogens with zero attached hydrogens (tertiary/aromatic N) is 1. The summed E-state index contributed by atoms with van der Waals surface area (Å²) in [6, 6.07) is 7.54. The Morgan fingerprint density at radius 1 is 1.42 bits per heavy atom. The van der Waals surface area contributed by atoms with E-state index in [2.05, 4.69) is 15.6 Å². The van der Waals surface area contributed by atoms with Crippen LogP contribution in [0.25, 0.3) is 0 Å². The fourth-order valence-corrected chi connectivity index (χ4v) is 1.49. The molecule has 0 atom stereocenters. The number of primary amides is 1. The van der Waals surface area contributed by atoms with E-state index in [0.717, 1.165) is 11.5 Å². The maximum absolute atomic E-state index is 11.1. The molecule has 0 saturated heterocycles. The van der Waals surface area contributed by atoms with Gasteiger partial charge in [0.15, 0.2) is 5.96 Å². The van der Waals surface area contributed by atoms with Gasteiger partial charge in [-0.3, -0.25) is 9.79 Å². The molecule has 0 bridgehead atoms. The number of aliphatic imine (C=N–C) groups is 1. The van der Waals surface area contributed by atoms with E-state index in [-0.39, 0.29) is 24.0 Å². The number of rotatable bonds is 4. The minimum Gasteiger partial charge on any atom is -0.366 e. The summed E-state index contributed by atoms with van der Waals surface area (Å²) in [5, 5.41) is 6.35. The number of hydrogen-bond acceptors (Lipinski definition) is 2. The monoisotopic (exact) mass is 376 g/mol. The lowest BCUT2D eigenvalue weighted by Gasteiger charge is -2.14. The predicted molar refractivity (Wildman–Crippen MR) is 88.8 cm³/mol. The van der Waals surface area contributed by atoms with Gasteiger partial charge in [-0.05, 0) is 31.5 Å². The second-order valence-electron chi connectivity index (χ2n) is 4.29. The number of halogens is 1. The summed E-state index contributed by atoms with van der Waals surface area (Å²) >= 11 is 0. The summed E-state index contributed by atoms with van der Waals surface area (Å²) < 4.78 is 0. The van der Waals surface area contributed by atoms with Crippen LogP contribution in [0.4, 0.5) is 0 Å². The zero-order valence-corrected chi connectivity index (χ0v) is 13.8. The topological polar surface area (TPSA) is 79.5 Å². The van der Waals surface area contributed by atoms with Crippen LogP contribution in [0.5, 0.6) is 0 Å². The Kier molecular flexibility index (Phi) is 8.13. The summed E-state index contributed by atoms with van der Waals surface area (Å²) in [5.74, 6) is 0.316. The fraction of sp³-hybridized carbons (Fsp3) is 0.385. The van der Waals surface area contributed by atoms with Crippen LogP contribution in [0.15, 0.2) is 29.3 Å². The molecule has 0 spiro atoms. The highest BCUT2D eigenvalue weighted by Gasteiger charge is 2.03.